The molecule has 1 aliphatic heterocycles. The van der Waals surface area contributed by atoms with Gasteiger partial charge in [-0.25, -0.2) is 4.79 Å². The summed E-state index contributed by atoms with van der Waals surface area (Å²) < 4.78 is 0. The molecule has 1 N–H and O–H groups in total. The second-order valence-corrected chi connectivity index (χ2v) is 6.29. The summed E-state index contributed by atoms with van der Waals surface area (Å²) in [7, 11) is 0. The zero-order valence-corrected chi connectivity index (χ0v) is 12.8. The average Bonchev–Trinajstić information content (AvgIpc) is 2.33. The number of likely N-dealkylation sites (tertiary alicyclic amines) is 1. The minimum atomic E-state index is -0.847. The first-order valence-corrected chi connectivity index (χ1v) is 7.18. The number of carboxylic acid groups (broad SMARTS) is 1. The number of aliphatic carboxylic acids is 1. The van der Waals surface area contributed by atoms with Gasteiger partial charge in [0.25, 0.3) is 0 Å². The summed E-state index contributed by atoms with van der Waals surface area (Å²) in [6, 6.07) is -0.272. The Labute approximate surface area is 121 Å². The molecule has 0 aromatic rings. The summed E-state index contributed by atoms with van der Waals surface area (Å²) in [5, 5.41) is 9.00. The van der Waals surface area contributed by atoms with Gasteiger partial charge in [-0.15, -0.1) is 6.58 Å². The van der Waals surface area contributed by atoms with Gasteiger partial charge in [0.05, 0.1) is 6.42 Å². The van der Waals surface area contributed by atoms with Crippen molar-refractivity contribution >= 4 is 12.0 Å². The molecule has 5 heteroatoms. The number of urea groups is 1. The minimum Gasteiger partial charge on any atom is -0.481 e. The summed E-state index contributed by atoms with van der Waals surface area (Å²) in [5.41, 5.74) is -0.309. The molecule has 1 saturated heterocycles. The molecule has 0 radical (unpaired) electrons. The van der Waals surface area contributed by atoms with Crippen LogP contribution in [0.4, 0.5) is 4.79 Å². The second-order valence-electron chi connectivity index (χ2n) is 6.29. The Morgan fingerprint density at radius 3 is 2.55 bits per heavy atom. The molecule has 1 heterocycles. The number of amides is 2. The van der Waals surface area contributed by atoms with Gasteiger partial charge in [0.1, 0.15) is 0 Å². The van der Waals surface area contributed by atoms with E-state index in [-0.39, 0.29) is 24.0 Å². The third-order valence-electron chi connectivity index (χ3n) is 3.64. The number of piperidine rings is 1. The Bertz CT molecular complexity index is 374. The van der Waals surface area contributed by atoms with E-state index in [9.17, 15) is 9.59 Å². The highest BCUT2D eigenvalue weighted by molar-refractivity contribution is 5.77. The Balaban J connectivity index is 2.89. The molecular weight excluding hydrogens is 256 g/mol. The summed E-state index contributed by atoms with van der Waals surface area (Å²) >= 11 is 0. The van der Waals surface area contributed by atoms with E-state index in [0.29, 0.717) is 13.1 Å². The van der Waals surface area contributed by atoms with Crippen LogP contribution in [-0.2, 0) is 4.79 Å². The van der Waals surface area contributed by atoms with Gasteiger partial charge in [-0.2, -0.15) is 0 Å². The molecule has 0 bridgehead atoms. The van der Waals surface area contributed by atoms with Gasteiger partial charge in [0.15, 0.2) is 0 Å². The Hall–Kier alpha value is -1.52. The summed E-state index contributed by atoms with van der Waals surface area (Å²) in [5.74, 6) is -0.847. The largest absolute Gasteiger partial charge is 0.481 e. The Morgan fingerprint density at radius 2 is 2.05 bits per heavy atom. The van der Waals surface area contributed by atoms with Crippen LogP contribution in [0.1, 0.15) is 46.5 Å². The minimum absolute atomic E-state index is 0.0256. The van der Waals surface area contributed by atoms with Crippen molar-refractivity contribution in [2.75, 3.05) is 13.1 Å². The average molecular weight is 282 g/mol. The van der Waals surface area contributed by atoms with Crippen LogP contribution in [0.5, 0.6) is 0 Å². The highest BCUT2D eigenvalue weighted by Gasteiger charge is 2.34. The van der Waals surface area contributed by atoms with E-state index in [1.54, 1.807) is 15.9 Å². The van der Waals surface area contributed by atoms with E-state index in [2.05, 4.69) is 6.58 Å². The standard InChI is InChI=1S/C15H26N2O3/c1-5-9-17(15(2,3)4)14(20)16-10-7-6-8-12(16)11-13(18)19/h5,12H,1,6-11H2,2-4H3,(H,18,19). The maximum atomic E-state index is 12.7. The van der Waals surface area contributed by atoms with Gasteiger partial charge < -0.3 is 14.9 Å². The van der Waals surface area contributed by atoms with Crippen LogP contribution in [0, 0.1) is 0 Å². The Morgan fingerprint density at radius 1 is 1.40 bits per heavy atom. The molecule has 2 amide bonds. The predicted molar refractivity (Wildman–Crippen MR) is 78.6 cm³/mol. The van der Waals surface area contributed by atoms with E-state index in [1.807, 2.05) is 20.8 Å². The molecule has 0 saturated carbocycles. The molecule has 1 atom stereocenters. The molecule has 0 aromatic carbocycles. The number of carbonyl (C=O) groups excluding carboxylic acids is 1. The quantitative estimate of drug-likeness (QED) is 0.806. The fourth-order valence-electron chi connectivity index (χ4n) is 2.59. The van der Waals surface area contributed by atoms with Crippen LogP contribution in [0.3, 0.4) is 0 Å². The molecule has 20 heavy (non-hydrogen) atoms. The lowest BCUT2D eigenvalue weighted by molar-refractivity contribution is -0.138. The molecule has 1 fully saturated rings. The SMILES string of the molecule is C=CCN(C(=O)N1CCCCC1CC(=O)O)C(C)(C)C. The fraction of sp³-hybridized carbons (Fsp3) is 0.733. The van der Waals surface area contributed by atoms with Gasteiger partial charge in [0, 0.05) is 24.7 Å². The van der Waals surface area contributed by atoms with Gasteiger partial charge in [-0.05, 0) is 40.0 Å². The van der Waals surface area contributed by atoms with E-state index in [4.69, 9.17) is 5.11 Å². The van der Waals surface area contributed by atoms with E-state index >= 15 is 0 Å². The fourth-order valence-corrected chi connectivity index (χ4v) is 2.59. The number of hydrogen-bond donors (Lipinski definition) is 1. The van der Waals surface area contributed by atoms with Crippen molar-refractivity contribution in [2.45, 2.75) is 58.0 Å². The lowest BCUT2D eigenvalue weighted by atomic mass is 9.99. The van der Waals surface area contributed by atoms with Crippen LogP contribution in [0.2, 0.25) is 0 Å². The van der Waals surface area contributed by atoms with Crippen LogP contribution < -0.4 is 0 Å². The van der Waals surface area contributed by atoms with Gasteiger partial charge in [-0.1, -0.05) is 6.08 Å². The van der Waals surface area contributed by atoms with Crippen molar-refractivity contribution in [3.05, 3.63) is 12.7 Å². The van der Waals surface area contributed by atoms with E-state index < -0.39 is 5.97 Å². The molecule has 1 rings (SSSR count). The second kappa shape index (κ2) is 6.77. The first-order chi connectivity index (χ1) is 9.27. The number of nitrogens with zero attached hydrogens (tertiary/aromatic N) is 2. The predicted octanol–water partition coefficient (Wildman–Crippen LogP) is 2.72. The van der Waals surface area contributed by atoms with Gasteiger partial charge in [-0.3, -0.25) is 4.79 Å². The summed E-state index contributed by atoms with van der Waals surface area (Å²) in [6.45, 7) is 10.7. The highest BCUT2D eigenvalue weighted by atomic mass is 16.4. The van der Waals surface area contributed by atoms with Crippen molar-refractivity contribution in [1.29, 1.82) is 0 Å². The molecule has 0 aliphatic carbocycles. The maximum absolute atomic E-state index is 12.7. The van der Waals surface area contributed by atoms with Crippen molar-refractivity contribution in [2.24, 2.45) is 0 Å². The lowest BCUT2D eigenvalue weighted by Gasteiger charge is -2.43. The number of carboxylic acids is 1. The first kappa shape index (κ1) is 16.5. The van der Waals surface area contributed by atoms with Crippen LogP contribution in [0.15, 0.2) is 12.7 Å². The third kappa shape index (κ3) is 4.25. The molecular formula is C15H26N2O3. The third-order valence-corrected chi connectivity index (χ3v) is 3.64. The number of rotatable bonds is 4. The Kier molecular flexibility index (Phi) is 5.60. The van der Waals surface area contributed by atoms with Crippen molar-refractivity contribution in [3.8, 4) is 0 Å². The highest BCUT2D eigenvalue weighted by Crippen LogP contribution is 2.24. The number of carbonyl (C=O) groups is 2. The normalized spacial score (nSPS) is 19.6. The van der Waals surface area contributed by atoms with Crippen LogP contribution in [-0.4, -0.2) is 51.6 Å². The zero-order valence-electron chi connectivity index (χ0n) is 12.8. The molecule has 1 aliphatic rings. The van der Waals surface area contributed by atoms with E-state index in [1.165, 1.54) is 0 Å². The van der Waals surface area contributed by atoms with Crippen molar-refractivity contribution in [1.82, 2.24) is 9.80 Å². The summed E-state index contributed by atoms with van der Waals surface area (Å²) in [6.07, 6.45) is 4.42. The zero-order chi connectivity index (χ0) is 15.3. The van der Waals surface area contributed by atoms with Gasteiger partial charge >= 0.3 is 12.0 Å². The van der Waals surface area contributed by atoms with Crippen molar-refractivity contribution in [3.63, 3.8) is 0 Å². The van der Waals surface area contributed by atoms with E-state index in [0.717, 1.165) is 19.3 Å². The topological polar surface area (TPSA) is 60.9 Å². The molecule has 114 valence electrons. The lowest BCUT2D eigenvalue weighted by Crippen LogP contribution is -2.56. The molecule has 5 nitrogen and oxygen atoms in total. The van der Waals surface area contributed by atoms with Crippen molar-refractivity contribution < 1.29 is 14.7 Å². The monoisotopic (exact) mass is 282 g/mol. The van der Waals surface area contributed by atoms with Crippen LogP contribution >= 0.6 is 0 Å². The van der Waals surface area contributed by atoms with Crippen LogP contribution in [0.25, 0.3) is 0 Å². The van der Waals surface area contributed by atoms with Gasteiger partial charge in [0.2, 0.25) is 0 Å². The first-order valence-electron chi connectivity index (χ1n) is 7.18. The molecule has 1 unspecified atom stereocenters. The number of hydrogen-bond acceptors (Lipinski definition) is 2. The maximum Gasteiger partial charge on any atom is 0.320 e. The smallest absolute Gasteiger partial charge is 0.320 e. The molecule has 0 spiro atoms. The molecule has 0 aromatic heterocycles. The summed E-state index contributed by atoms with van der Waals surface area (Å²) in [4.78, 5) is 27.2.